The Kier molecular flexibility index (Phi) is 4.58. The van der Waals surface area contributed by atoms with Crippen LogP contribution in [0, 0.1) is 5.92 Å². The molecule has 0 spiro atoms. The van der Waals surface area contributed by atoms with Crippen LogP contribution in [0.1, 0.15) is 18.9 Å². The van der Waals surface area contributed by atoms with Crippen LogP contribution in [-0.4, -0.2) is 55.2 Å². The van der Waals surface area contributed by atoms with Crippen molar-refractivity contribution in [3.63, 3.8) is 0 Å². The van der Waals surface area contributed by atoms with Gasteiger partial charge in [0.1, 0.15) is 23.4 Å². The molecule has 1 heterocycles. The van der Waals surface area contributed by atoms with E-state index in [0.29, 0.717) is 6.42 Å². The number of benzene rings is 1. The van der Waals surface area contributed by atoms with Crippen molar-refractivity contribution in [2.45, 2.75) is 44.4 Å². The molecule has 2 rings (SSSR count). The summed E-state index contributed by atoms with van der Waals surface area (Å²) in [7, 11) is 0. The van der Waals surface area contributed by atoms with Crippen LogP contribution < -0.4 is 0 Å². The van der Waals surface area contributed by atoms with Crippen molar-refractivity contribution in [1.82, 2.24) is 0 Å². The fourth-order valence-electron chi connectivity index (χ4n) is 2.58. The van der Waals surface area contributed by atoms with Gasteiger partial charge >= 0.3 is 0 Å². The molecule has 5 atom stereocenters. The van der Waals surface area contributed by atoms with Crippen LogP contribution in [0.4, 0.5) is 0 Å². The van der Waals surface area contributed by atoms with Gasteiger partial charge in [0.15, 0.2) is 6.29 Å². The summed E-state index contributed by atoms with van der Waals surface area (Å²) >= 11 is 0. The summed E-state index contributed by atoms with van der Waals surface area (Å²) in [6.45, 7) is 1.68. The number of hydrogen-bond acceptors (Lipinski definition) is 7. The SMILES string of the molecule is CC1C(CCc2c(O)cc(O)cc2O)OC(O)C(O)C1O. The first-order valence-corrected chi connectivity index (χ1v) is 6.74. The Morgan fingerprint density at radius 1 is 1.00 bits per heavy atom. The highest BCUT2D eigenvalue weighted by atomic mass is 16.6. The van der Waals surface area contributed by atoms with Gasteiger partial charge in [0.25, 0.3) is 0 Å². The molecule has 1 aromatic carbocycles. The van der Waals surface area contributed by atoms with Crippen molar-refractivity contribution >= 4 is 0 Å². The van der Waals surface area contributed by atoms with E-state index in [1.807, 2.05) is 0 Å². The average molecular weight is 300 g/mol. The van der Waals surface area contributed by atoms with E-state index in [1.54, 1.807) is 6.92 Å². The van der Waals surface area contributed by atoms with Crippen LogP contribution in [0.3, 0.4) is 0 Å². The normalized spacial score (nSPS) is 33.0. The molecule has 1 aliphatic rings. The molecule has 0 aliphatic carbocycles. The van der Waals surface area contributed by atoms with E-state index in [2.05, 4.69) is 0 Å². The first kappa shape index (κ1) is 15.8. The Labute approximate surface area is 121 Å². The minimum absolute atomic E-state index is 0.225. The van der Waals surface area contributed by atoms with Crippen LogP contribution in [0.15, 0.2) is 12.1 Å². The maximum atomic E-state index is 9.81. The quantitative estimate of drug-likeness (QED) is 0.456. The summed E-state index contributed by atoms with van der Waals surface area (Å²) in [6.07, 6.45) is -3.93. The van der Waals surface area contributed by atoms with Crippen LogP contribution in [0.5, 0.6) is 17.2 Å². The summed E-state index contributed by atoms with van der Waals surface area (Å²) in [5, 5.41) is 57.5. The van der Waals surface area contributed by atoms with Gasteiger partial charge in [0.2, 0.25) is 0 Å². The Bertz CT molecular complexity index is 481. The summed E-state index contributed by atoms with van der Waals surface area (Å²) in [4.78, 5) is 0. The number of hydrogen-bond donors (Lipinski definition) is 6. The monoisotopic (exact) mass is 300 g/mol. The predicted octanol–water partition coefficient (Wildman–Crippen LogP) is -0.189. The molecule has 0 bridgehead atoms. The van der Waals surface area contributed by atoms with Crippen LogP contribution in [0.25, 0.3) is 0 Å². The maximum Gasteiger partial charge on any atom is 0.183 e. The highest BCUT2D eigenvalue weighted by molar-refractivity contribution is 5.48. The molecule has 6 N–H and O–H groups in total. The molecule has 1 aromatic rings. The number of phenols is 3. The van der Waals surface area contributed by atoms with Crippen LogP contribution in [0.2, 0.25) is 0 Å². The van der Waals surface area contributed by atoms with Crippen molar-refractivity contribution in [3.8, 4) is 17.2 Å². The van der Waals surface area contributed by atoms with Gasteiger partial charge < -0.3 is 35.4 Å². The lowest BCUT2D eigenvalue weighted by Crippen LogP contribution is -2.53. The molecule has 0 radical (unpaired) electrons. The van der Waals surface area contributed by atoms with Gasteiger partial charge in [-0.05, 0) is 12.8 Å². The van der Waals surface area contributed by atoms with Gasteiger partial charge in [-0.15, -0.1) is 0 Å². The smallest absolute Gasteiger partial charge is 0.183 e. The Hall–Kier alpha value is -1.54. The predicted molar refractivity (Wildman–Crippen MR) is 71.8 cm³/mol. The molecule has 0 amide bonds. The molecule has 0 aromatic heterocycles. The van der Waals surface area contributed by atoms with E-state index < -0.39 is 30.5 Å². The Morgan fingerprint density at radius 2 is 1.57 bits per heavy atom. The van der Waals surface area contributed by atoms with E-state index in [4.69, 9.17) is 4.74 Å². The summed E-state index contributed by atoms with van der Waals surface area (Å²) in [5.41, 5.74) is 0.249. The summed E-state index contributed by atoms with van der Waals surface area (Å²) in [6, 6.07) is 2.24. The van der Waals surface area contributed by atoms with E-state index in [9.17, 15) is 30.6 Å². The molecule has 1 saturated heterocycles. The lowest BCUT2D eigenvalue weighted by molar-refractivity contribution is -0.266. The molecular weight excluding hydrogens is 280 g/mol. The largest absolute Gasteiger partial charge is 0.508 e. The number of aliphatic hydroxyl groups is 3. The second-order valence-electron chi connectivity index (χ2n) is 5.41. The van der Waals surface area contributed by atoms with Crippen LogP contribution >= 0.6 is 0 Å². The van der Waals surface area contributed by atoms with Crippen molar-refractivity contribution in [2.24, 2.45) is 5.92 Å². The molecule has 21 heavy (non-hydrogen) atoms. The number of rotatable bonds is 3. The summed E-state index contributed by atoms with van der Waals surface area (Å²) in [5.74, 6) is -1.14. The number of ether oxygens (including phenoxy) is 1. The molecule has 1 fully saturated rings. The van der Waals surface area contributed by atoms with Crippen molar-refractivity contribution in [2.75, 3.05) is 0 Å². The first-order chi connectivity index (χ1) is 9.81. The Morgan fingerprint density at radius 3 is 2.14 bits per heavy atom. The molecule has 5 unspecified atom stereocenters. The van der Waals surface area contributed by atoms with Gasteiger partial charge in [-0.25, -0.2) is 0 Å². The lowest BCUT2D eigenvalue weighted by atomic mass is 9.87. The molecule has 118 valence electrons. The zero-order valence-electron chi connectivity index (χ0n) is 11.5. The third-order valence-corrected chi connectivity index (χ3v) is 3.95. The molecule has 7 heteroatoms. The second-order valence-corrected chi connectivity index (χ2v) is 5.41. The minimum Gasteiger partial charge on any atom is -0.508 e. The molecule has 7 nitrogen and oxygen atoms in total. The van der Waals surface area contributed by atoms with E-state index in [-0.39, 0.29) is 29.2 Å². The second kappa shape index (κ2) is 6.07. The van der Waals surface area contributed by atoms with E-state index in [1.165, 1.54) is 0 Å². The maximum absolute atomic E-state index is 9.81. The molecule has 1 aliphatic heterocycles. The van der Waals surface area contributed by atoms with Crippen molar-refractivity contribution in [1.29, 1.82) is 0 Å². The third-order valence-electron chi connectivity index (χ3n) is 3.95. The third kappa shape index (κ3) is 3.21. The van der Waals surface area contributed by atoms with Crippen molar-refractivity contribution < 1.29 is 35.4 Å². The van der Waals surface area contributed by atoms with Gasteiger partial charge in [0.05, 0.1) is 12.2 Å². The van der Waals surface area contributed by atoms with Gasteiger partial charge in [-0.3, -0.25) is 0 Å². The average Bonchev–Trinajstić information content (AvgIpc) is 2.40. The fraction of sp³-hybridized carbons (Fsp3) is 0.571. The summed E-state index contributed by atoms with van der Waals surface area (Å²) < 4.78 is 5.24. The zero-order chi connectivity index (χ0) is 15.7. The van der Waals surface area contributed by atoms with Crippen molar-refractivity contribution in [3.05, 3.63) is 17.7 Å². The standard InChI is InChI=1S/C14H20O7/c1-6-11(21-14(20)13(19)12(6)18)3-2-8-9(16)4-7(15)5-10(8)17/h4-6,11-20H,2-3H2,1H3. The van der Waals surface area contributed by atoms with E-state index >= 15 is 0 Å². The topological polar surface area (TPSA) is 131 Å². The fourth-order valence-corrected chi connectivity index (χ4v) is 2.58. The molecule has 0 saturated carbocycles. The lowest BCUT2D eigenvalue weighted by Gasteiger charge is -2.39. The number of aromatic hydroxyl groups is 3. The minimum atomic E-state index is -1.47. The highest BCUT2D eigenvalue weighted by Gasteiger charge is 2.41. The Balaban J connectivity index is 2.06. The highest BCUT2D eigenvalue weighted by Crippen LogP contribution is 2.35. The van der Waals surface area contributed by atoms with E-state index in [0.717, 1.165) is 12.1 Å². The van der Waals surface area contributed by atoms with Gasteiger partial charge in [0, 0.05) is 23.6 Å². The number of aliphatic hydroxyl groups excluding tert-OH is 3. The zero-order valence-corrected chi connectivity index (χ0v) is 11.5. The first-order valence-electron chi connectivity index (χ1n) is 6.74. The van der Waals surface area contributed by atoms with Crippen LogP contribution in [-0.2, 0) is 11.2 Å². The van der Waals surface area contributed by atoms with Gasteiger partial charge in [-0.2, -0.15) is 0 Å². The molecular formula is C14H20O7. The number of phenolic OH excluding ortho intramolecular Hbond substituents is 3. The van der Waals surface area contributed by atoms with Gasteiger partial charge in [-0.1, -0.05) is 6.92 Å².